The number of halogens is 1. The van der Waals surface area contributed by atoms with E-state index in [4.69, 9.17) is 21.6 Å². The van der Waals surface area contributed by atoms with E-state index in [2.05, 4.69) is 4.98 Å². The zero-order valence-corrected chi connectivity index (χ0v) is 10.4. The van der Waals surface area contributed by atoms with Gasteiger partial charge in [-0.3, -0.25) is 4.98 Å². The van der Waals surface area contributed by atoms with Gasteiger partial charge in [-0.1, -0.05) is 11.6 Å². The Bertz CT molecular complexity index is 617. The van der Waals surface area contributed by atoms with Crippen LogP contribution in [0.25, 0.3) is 10.9 Å². The van der Waals surface area contributed by atoms with Crippen molar-refractivity contribution in [3.8, 4) is 11.8 Å². The standard InChI is InChI=1S/C13H11ClN2O/c1-3-17-12-5-11-10(4-8(12)2)13(14)9(6-15)7-16-11/h4-5,7H,3H2,1-2H3. The van der Waals surface area contributed by atoms with Gasteiger partial charge in [0.25, 0.3) is 0 Å². The highest BCUT2D eigenvalue weighted by Crippen LogP contribution is 2.30. The third-order valence-corrected chi connectivity index (χ3v) is 2.93. The highest BCUT2D eigenvalue weighted by atomic mass is 35.5. The largest absolute Gasteiger partial charge is 0.494 e. The topological polar surface area (TPSA) is 45.9 Å². The lowest BCUT2D eigenvalue weighted by molar-refractivity contribution is 0.338. The van der Waals surface area contributed by atoms with E-state index in [-0.39, 0.29) is 0 Å². The van der Waals surface area contributed by atoms with E-state index in [0.29, 0.717) is 17.2 Å². The van der Waals surface area contributed by atoms with Crippen LogP contribution in [-0.2, 0) is 0 Å². The first-order chi connectivity index (χ1) is 8.17. The normalized spacial score (nSPS) is 10.2. The van der Waals surface area contributed by atoms with E-state index in [1.165, 1.54) is 6.20 Å². The van der Waals surface area contributed by atoms with Gasteiger partial charge in [0.1, 0.15) is 11.8 Å². The summed E-state index contributed by atoms with van der Waals surface area (Å²) in [6.07, 6.45) is 1.48. The fourth-order valence-electron chi connectivity index (χ4n) is 1.68. The Kier molecular flexibility index (Phi) is 3.16. The molecule has 1 aromatic heterocycles. The maximum Gasteiger partial charge on any atom is 0.124 e. The molecule has 17 heavy (non-hydrogen) atoms. The van der Waals surface area contributed by atoms with Crippen molar-refractivity contribution >= 4 is 22.5 Å². The quantitative estimate of drug-likeness (QED) is 0.815. The summed E-state index contributed by atoms with van der Waals surface area (Å²) < 4.78 is 5.49. The Hall–Kier alpha value is -1.79. The number of rotatable bonds is 2. The van der Waals surface area contributed by atoms with E-state index in [0.717, 1.165) is 22.2 Å². The molecule has 0 amide bonds. The Balaban J connectivity index is 2.70. The minimum atomic E-state index is 0.391. The maximum atomic E-state index is 8.89. The minimum absolute atomic E-state index is 0.391. The number of ether oxygens (including phenoxy) is 1. The molecule has 0 spiro atoms. The van der Waals surface area contributed by atoms with Gasteiger partial charge >= 0.3 is 0 Å². The highest BCUT2D eigenvalue weighted by Gasteiger charge is 2.09. The summed E-state index contributed by atoms with van der Waals surface area (Å²) in [5.41, 5.74) is 2.11. The van der Waals surface area contributed by atoms with Crippen LogP contribution in [0.5, 0.6) is 5.75 Å². The first kappa shape index (κ1) is 11.7. The molecule has 0 atom stereocenters. The molecule has 2 rings (SSSR count). The van der Waals surface area contributed by atoms with Crippen LogP contribution in [-0.4, -0.2) is 11.6 Å². The van der Waals surface area contributed by atoms with Gasteiger partial charge in [-0.25, -0.2) is 0 Å². The number of aromatic nitrogens is 1. The third-order valence-electron chi connectivity index (χ3n) is 2.52. The first-order valence-electron chi connectivity index (χ1n) is 5.29. The molecule has 4 heteroatoms. The molecule has 0 saturated heterocycles. The summed E-state index contributed by atoms with van der Waals surface area (Å²) in [4.78, 5) is 4.21. The second-order valence-corrected chi connectivity index (χ2v) is 4.04. The molecule has 0 radical (unpaired) electrons. The number of nitriles is 1. The molecule has 3 nitrogen and oxygen atoms in total. The van der Waals surface area contributed by atoms with E-state index in [1.54, 1.807) is 0 Å². The minimum Gasteiger partial charge on any atom is -0.494 e. The van der Waals surface area contributed by atoms with Crippen LogP contribution in [0.3, 0.4) is 0 Å². The van der Waals surface area contributed by atoms with Crippen molar-refractivity contribution in [2.45, 2.75) is 13.8 Å². The fraction of sp³-hybridized carbons (Fsp3) is 0.231. The average Bonchev–Trinajstić information content (AvgIpc) is 2.32. The monoisotopic (exact) mass is 246 g/mol. The Morgan fingerprint density at radius 1 is 1.47 bits per heavy atom. The van der Waals surface area contributed by atoms with Gasteiger partial charge in [0.15, 0.2) is 0 Å². The van der Waals surface area contributed by atoms with Crippen molar-refractivity contribution in [1.29, 1.82) is 5.26 Å². The molecule has 0 N–H and O–H groups in total. The predicted molar refractivity (Wildman–Crippen MR) is 67.4 cm³/mol. The van der Waals surface area contributed by atoms with E-state index < -0.39 is 0 Å². The van der Waals surface area contributed by atoms with Gasteiger partial charge in [-0.15, -0.1) is 0 Å². The second kappa shape index (κ2) is 4.60. The summed E-state index contributed by atoms with van der Waals surface area (Å²) >= 11 is 6.14. The van der Waals surface area contributed by atoms with Crippen molar-refractivity contribution in [1.82, 2.24) is 4.98 Å². The lowest BCUT2D eigenvalue weighted by Crippen LogP contribution is -1.95. The van der Waals surface area contributed by atoms with Crippen LogP contribution < -0.4 is 4.74 Å². The number of hydrogen-bond donors (Lipinski definition) is 0. The molecule has 0 saturated carbocycles. The lowest BCUT2D eigenvalue weighted by Gasteiger charge is -2.09. The second-order valence-electron chi connectivity index (χ2n) is 3.67. The smallest absolute Gasteiger partial charge is 0.124 e. The summed E-state index contributed by atoms with van der Waals surface area (Å²) in [5.74, 6) is 0.799. The molecule has 86 valence electrons. The SMILES string of the molecule is CCOc1cc2ncc(C#N)c(Cl)c2cc1C. The van der Waals surface area contributed by atoms with Crippen LogP contribution in [0.15, 0.2) is 18.3 Å². The van der Waals surface area contributed by atoms with Crippen LogP contribution >= 0.6 is 11.6 Å². The molecule has 1 heterocycles. The molecular weight excluding hydrogens is 236 g/mol. The molecule has 1 aromatic carbocycles. The van der Waals surface area contributed by atoms with Crippen LogP contribution in [0.2, 0.25) is 5.02 Å². The number of nitrogens with zero attached hydrogens (tertiary/aromatic N) is 2. The molecule has 2 aromatic rings. The van der Waals surface area contributed by atoms with E-state index in [9.17, 15) is 0 Å². The fourth-order valence-corrected chi connectivity index (χ4v) is 1.93. The maximum absolute atomic E-state index is 8.89. The van der Waals surface area contributed by atoms with Crippen molar-refractivity contribution in [2.75, 3.05) is 6.61 Å². The predicted octanol–water partition coefficient (Wildman–Crippen LogP) is 3.47. The van der Waals surface area contributed by atoms with Crippen molar-refractivity contribution in [3.05, 3.63) is 34.5 Å². The van der Waals surface area contributed by atoms with Crippen LogP contribution in [0.4, 0.5) is 0 Å². The third kappa shape index (κ3) is 2.04. The Labute approximate surface area is 105 Å². The van der Waals surface area contributed by atoms with Gasteiger partial charge in [0.05, 0.1) is 22.7 Å². The first-order valence-corrected chi connectivity index (χ1v) is 5.67. The van der Waals surface area contributed by atoms with E-state index >= 15 is 0 Å². The molecule has 0 unspecified atom stereocenters. The zero-order chi connectivity index (χ0) is 12.4. The van der Waals surface area contributed by atoms with Crippen molar-refractivity contribution in [3.63, 3.8) is 0 Å². The van der Waals surface area contributed by atoms with Crippen LogP contribution in [0.1, 0.15) is 18.1 Å². The average molecular weight is 247 g/mol. The lowest BCUT2D eigenvalue weighted by atomic mass is 10.1. The number of aryl methyl sites for hydroxylation is 1. The van der Waals surface area contributed by atoms with Gasteiger partial charge in [0, 0.05) is 17.6 Å². The number of pyridine rings is 1. The van der Waals surface area contributed by atoms with Crippen LogP contribution in [0, 0.1) is 18.3 Å². The zero-order valence-electron chi connectivity index (χ0n) is 9.62. The number of fused-ring (bicyclic) bond motifs is 1. The Morgan fingerprint density at radius 3 is 2.88 bits per heavy atom. The summed E-state index contributed by atoms with van der Waals surface area (Å²) in [6.45, 7) is 4.49. The molecule has 0 aliphatic carbocycles. The number of hydrogen-bond acceptors (Lipinski definition) is 3. The highest BCUT2D eigenvalue weighted by molar-refractivity contribution is 6.36. The Morgan fingerprint density at radius 2 is 2.24 bits per heavy atom. The van der Waals surface area contributed by atoms with Gasteiger partial charge in [0.2, 0.25) is 0 Å². The molecule has 0 aliphatic heterocycles. The van der Waals surface area contributed by atoms with Crippen molar-refractivity contribution < 1.29 is 4.74 Å². The van der Waals surface area contributed by atoms with E-state index in [1.807, 2.05) is 32.0 Å². The summed E-state index contributed by atoms with van der Waals surface area (Å²) in [7, 11) is 0. The van der Waals surface area contributed by atoms with Gasteiger partial charge < -0.3 is 4.74 Å². The van der Waals surface area contributed by atoms with Gasteiger partial charge in [-0.05, 0) is 25.5 Å². The molecule has 0 bridgehead atoms. The molecule has 0 aliphatic rings. The van der Waals surface area contributed by atoms with Gasteiger partial charge in [-0.2, -0.15) is 5.26 Å². The molecule has 0 fully saturated rings. The van der Waals surface area contributed by atoms with Crippen molar-refractivity contribution in [2.24, 2.45) is 0 Å². The number of benzene rings is 1. The summed E-state index contributed by atoms with van der Waals surface area (Å²) in [6, 6.07) is 5.77. The molecular formula is C13H11ClN2O. The summed E-state index contributed by atoms with van der Waals surface area (Å²) in [5, 5.41) is 10.1.